The number of nitrogens with one attached hydrogen (secondary N) is 2. The van der Waals surface area contributed by atoms with E-state index >= 15 is 0 Å². The second-order valence-electron chi connectivity index (χ2n) is 6.98. The van der Waals surface area contributed by atoms with Crippen LogP contribution in [0.4, 0.5) is 19.1 Å². The monoisotopic (exact) mass is 516 g/mol. The van der Waals surface area contributed by atoms with Crippen LogP contribution in [-0.2, 0) is 9.88 Å². The number of ether oxygens (including phenoxy) is 4. The molecule has 14 heteroatoms. The van der Waals surface area contributed by atoms with Gasteiger partial charge in [-0.2, -0.15) is 5.48 Å². The molecule has 1 aromatic heterocycles. The van der Waals surface area contributed by atoms with Crippen LogP contribution >= 0.6 is 0 Å². The van der Waals surface area contributed by atoms with Crippen molar-refractivity contribution in [3.8, 4) is 28.7 Å². The molecule has 0 amide bonds. The van der Waals surface area contributed by atoms with Crippen molar-refractivity contribution in [2.24, 2.45) is 0 Å². The van der Waals surface area contributed by atoms with E-state index in [0.29, 0.717) is 0 Å². The average Bonchev–Trinajstić information content (AvgIpc) is 3.23. The summed E-state index contributed by atoms with van der Waals surface area (Å²) in [5.74, 6) is -0.0935. The second-order valence-corrected chi connectivity index (χ2v) is 6.98. The van der Waals surface area contributed by atoms with Gasteiger partial charge in [0.1, 0.15) is 0 Å². The minimum atomic E-state index is -4.98. The number of alkyl halides is 3. The Kier molecular flexibility index (Phi) is 8.34. The van der Waals surface area contributed by atoms with Crippen LogP contribution in [0.15, 0.2) is 28.7 Å². The number of methoxy groups -OCH3 is 4. The maximum Gasteiger partial charge on any atom is 0.550 e. The summed E-state index contributed by atoms with van der Waals surface area (Å²) in [5.41, 5.74) is 2.08. The summed E-state index contributed by atoms with van der Waals surface area (Å²) in [6.45, 7) is -0.241. The molecular formula is C22H23F3N2O9. The summed E-state index contributed by atoms with van der Waals surface area (Å²) >= 11 is 0. The number of anilines is 1. The van der Waals surface area contributed by atoms with Crippen molar-refractivity contribution in [2.75, 3.05) is 46.8 Å². The highest BCUT2D eigenvalue weighted by Crippen LogP contribution is 2.43. The first-order chi connectivity index (χ1) is 17.1. The van der Waals surface area contributed by atoms with E-state index in [4.69, 9.17) is 23.4 Å². The number of carbonyl (C=O) groups excluding carboxylic acids is 1. The fraction of sp³-hybridized carbons (Fsp3) is 0.318. The lowest BCUT2D eigenvalue weighted by molar-refractivity contribution is -0.503. The topological polar surface area (TPSA) is 130 Å². The number of phenolic OH excluding ortho intramolecular Hbond substituents is 1. The number of benzene rings is 2. The van der Waals surface area contributed by atoms with Crippen molar-refractivity contribution >= 4 is 22.6 Å². The van der Waals surface area contributed by atoms with E-state index in [-0.39, 0.29) is 69.8 Å². The second kappa shape index (κ2) is 11.2. The highest BCUT2D eigenvalue weighted by Gasteiger charge is 2.31. The summed E-state index contributed by atoms with van der Waals surface area (Å²) < 4.78 is 62.7. The van der Waals surface area contributed by atoms with Crippen molar-refractivity contribution in [3.05, 3.63) is 35.4 Å². The molecule has 0 atom stereocenters. The number of aromatic hydroxyl groups is 1. The van der Waals surface area contributed by atoms with Gasteiger partial charge < -0.3 is 33.8 Å². The Morgan fingerprint density at radius 1 is 0.972 bits per heavy atom. The third-order valence-corrected chi connectivity index (χ3v) is 4.88. The molecule has 0 aliphatic rings. The number of furan rings is 1. The quantitative estimate of drug-likeness (QED) is 0.141. The Balaban J connectivity index is 1.98. The Bertz CT molecular complexity index is 1200. The van der Waals surface area contributed by atoms with Crippen LogP contribution in [0.5, 0.6) is 28.7 Å². The van der Waals surface area contributed by atoms with E-state index in [1.165, 1.54) is 52.7 Å². The van der Waals surface area contributed by atoms with Gasteiger partial charge >= 0.3 is 6.36 Å². The molecule has 0 spiro atoms. The third kappa shape index (κ3) is 5.67. The molecule has 0 bridgehead atoms. The SMILES string of the molecule is COc1cc(C(=O)c2c(NCCNOOC(F)(F)F)oc3c(O)c(OC)ccc23)cc(OC)c1OC. The predicted octanol–water partition coefficient (Wildman–Crippen LogP) is 3.79. The molecule has 0 radical (unpaired) electrons. The van der Waals surface area contributed by atoms with Gasteiger partial charge in [0.05, 0.1) is 34.0 Å². The minimum Gasteiger partial charge on any atom is -0.502 e. The number of ketones is 1. The lowest BCUT2D eigenvalue weighted by atomic mass is 10.0. The molecule has 0 unspecified atom stereocenters. The number of hydrogen-bond donors (Lipinski definition) is 3. The van der Waals surface area contributed by atoms with Gasteiger partial charge in [-0.15, -0.1) is 23.0 Å². The number of hydroxylamine groups is 1. The van der Waals surface area contributed by atoms with Gasteiger partial charge in [-0.25, -0.2) is 0 Å². The lowest BCUT2D eigenvalue weighted by Crippen LogP contribution is -2.26. The minimum absolute atomic E-state index is 0.0321. The first kappa shape index (κ1) is 26.7. The first-order valence-electron chi connectivity index (χ1n) is 10.2. The fourth-order valence-electron chi connectivity index (χ4n) is 3.35. The van der Waals surface area contributed by atoms with Crippen molar-refractivity contribution in [3.63, 3.8) is 0 Å². The van der Waals surface area contributed by atoms with E-state index in [1.807, 2.05) is 5.48 Å². The smallest absolute Gasteiger partial charge is 0.502 e. The molecule has 0 aliphatic heterocycles. The standard InChI is InChI=1S/C22H23F3N2O9/c1-30-13-6-5-12-16(17(28)11-9-14(31-2)20(33-4)15(10-11)32-3)21(34-19(12)18(13)29)26-7-8-27-36-35-22(23,24)25/h5-6,9-10,26-27,29H,7-8H2,1-4H3. The molecule has 3 aromatic rings. The van der Waals surface area contributed by atoms with Crippen LogP contribution in [0.1, 0.15) is 15.9 Å². The molecule has 0 fully saturated rings. The van der Waals surface area contributed by atoms with Crippen LogP contribution in [0.3, 0.4) is 0 Å². The summed E-state index contributed by atoms with van der Waals surface area (Å²) in [7, 11) is 5.56. The van der Waals surface area contributed by atoms with Crippen molar-refractivity contribution in [1.82, 2.24) is 5.48 Å². The van der Waals surface area contributed by atoms with Gasteiger partial charge in [0.2, 0.25) is 17.4 Å². The van der Waals surface area contributed by atoms with Crippen LogP contribution in [0, 0.1) is 0 Å². The summed E-state index contributed by atoms with van der Waals surface area (Å²) in [5, 5.41) is 13.6. The Labute approximate surface area is 202 Å². The fourth-order valence-corrected chi connectivity index (χ4v) is 3.35. The van der Waals surface area contributed by atoms with Gasteiger partial charge in [0, 0.05) is 24.0 Å². The zero-order valence-corrected chi connectivity index (χ0v) is 19.6. The summed E-state index contributed by atoms with van der Waals surface area (Å²) in [6.07, 6.45) is -4.98. The molecule has 2 aromatic carbocycles. The number of halogens is 3. The maximum atomic E-state index is 13.6. The first-order valence-corrected chi connectivity index (χ1v) is 10.2. The van der Waals surface area contributed by atoms with Crippen molar-refractivity contribution in [1.29, 1.82) is 0 Å². The maximum absolute atomic E-state index is 13.6. The zero-order valence-electron chi connectivity index (χ0n) is 19.6. The molecule has 196 valence electrons. The molecule has 11 nitrogen and oxygen atoms in total. The number of fused-ring (bicyclic) bond motifs is 1. The predicted molar refractivity (Wildman–Crippen MR) is 119 cm³/mol. The highest BCUT2D eigenvalue weighted by atomic mass is 19.4. The number of rotatable bonds is 12. The molecule has 0 saturated heterocycles. The van der Waals surface area contributed by atoms with E-state index in [1.54, 1.807) is 0 Å². The lowest BCUT2D eigenvalue weighted by Gasteiger charge is -2.14. The normalized spacial score (nSPS) is 11.4. The van der Waals surface area contributed by atoms with Crippen molar-refractivity contribution < 1.29 is 56.3 Å². The van der Waals surface area contributed by atoms with Crippen LogP contribution in [0.25, 0.3) is 11.0 Å². The third-order valence-electron chi connectivity index (χ3n) is 4.88. The van der Waals surface area contributed by atoms with E-state index in [0.717, 1.165) is 0 Å². The van der Waals surface area contributed by atoms with E-state index < -0.39 is 12.1 Å². The van der Waals surface area contributed by atoms with Crippen molar-refractivity contribution in [2.45, 2.75) is 6.36 Å². The van der Waals surface area contributed by atoms with Crippen LogP contribution in [-0.4, -0.2) is 58.8 Å². The van der Waals surface area contributed by atoms with Gasteiger partial charge in [-0.1, -0.05) is 0 Å². The Morgan fingerprint density at radius 2 is 1.61 bits per heavy atom. The number of phenols is 1. The highest BCUT2D eigenvalue weighted by molar-refractivity contribution is 6.20. The molecular weight excluding hydrogens is 493 g/mol. The molecule has 0 saturated carbocycles. The van der Waals surface area contributed by atoms with Gasteiger partial charge in [-0.05, 0) is 24.3 Å². The van der Waals surface area contributed by atoms with Gasteiger partial charge in [-0.3, -0.25) is 4.79 Å². The largest absolute Gasteiger partial charge is 0.550 e. The molecule has 1 heterocycles. The van der Waals surface area contributed by atoms with Crippen LogP contribution < -0.4 is 29.7 Å². The summed E-state index contributed by atoms with van der Waals surface area (Å²) in [6, 6.07) is 5.86. The molecule has 0 aliphatic carbocycles. The van der Waals surface area contributed by atoms with Crippen LogP contribution in [0.2, 0.25) is 0 Å². The van der Waals surface area contributed by atoms with Gasteiger partial charge in [0.15, 0.2) is 28.6 Å². The molecule has 3 rings (SSSR count). The number of hydrogen-bond acceptors (Lipinski definition) is 11. The summed E-state index contributed by atoms with van der Waals surface area (Å²) in [4.78, 5) is 20.7. The Morgan fingerprint density at radius 3 is 2.17 bits per heavy atom. The molecule has 3 N–H and O–H groups in total. The average molecular weight is 516 g/mol. The van der Waals surface area contributed by atoms with E-state index in [2.05, 4.69) is 15.2 Å². The molecule has 36 heavy (non-hydrogen) atoms. The van der Waals surface area contributed by atoms with E-state index in [9.17, 15) is 23.1 Å². The zero-order chi connectivity index (χ0) is 26.5. The number of carbonyl (C=O) groups is 1. The van der Waals surface area contributed by atoms with Gasteiger partial charge in [0.25, 0.3) is 0 Å². The Hall–Kier alpha value is -3.88.